The number of amides is 1. The number of carbonyl (C=O) groups is 2. The summed E-state index contributed by atoms with van der Waals surface area (Å²) in [5, 5.41) is 3.43. The van der Waals surface area contributed by atoms with Crippen LogP contribution >= 0.6 is 11.3 Å². The molecule has 0 radical (unpaired) electrons. The van der Waals surface area contributed by atoms with E-state index in [1.54, 1.807) is 12.1 Å². The van der Waals surface area contributed by atoms with Crippen molar-refractivity contribution in [1.82, 2.24) is 0 Å². The number of para-hydroxylation sites is 1. The van der Waals surface area contributed by atoms with Crippen LogP contribution in [0, 0.1) is 0 Å². The first-order chi connectivity index (χ1) is 12.7. The molecular formula is C20H23NO4S. The molecule has 0 saturated carbocycles. The summed E-state index contributed by atoms with van der Waals surface area (Å²) < 4.78 is 10.8. The fraction of sp³-hybridized carbons (Fsp3) is 0.400. The molecular weight excluding hydrogens is 350 g/mol. The number of hydrogen-bond acceptors (Lipinski definition) is 5. The molecule has 1 aliphatic rings. The van der Waals surface area contributed by atoms with Gasteiger partial charge in [-0.25, -0.2) is 4.79 Å². The molecule has 0 fully saturated rings. The third-order valence-corrected chi connectivity index (χ3v) is 5.39. The fourth-order valence-corrected chi connectivity index (χ4v) is 4.26. The SMILES string of the molecule is CCCOC(=O)c1c(NC(=O)COc2ccccc2)sc2c1CCCC2. The van der Waals surface area contributed by atoms with Gasteiger partial charge in [0.2, 0.25) is 0 Å². The van der Waals surface area contributed by atoms with E-state index in [4.69, 9.17) is 9.47 Å². The van der Waals surface area contributed by atoms with Gasteiger partial charge in [0.05, 0.1) is 12.2 Å². The Morgan fingerprint density at radius 3 is 2.69 bits per heavy atom. The predicted octanol–water partition coefficient (Wildman–Crippen LogP) is 4.21. The summed E-state index contributed by atoms with van der Waals surface area (Å²) in [7, 11) is 0. The molecule has 1 amide bonds. The Labute approximate surface area is 157 Å². The van der Waals surface area contributed by atoms with Crippen molar-refractivity contribution in [2.45, 2.75) is 39.0 Å². The van der Waals surface area contributed by atoms with Crippen molar-refractivity contribution in [3.63, 3.8) is 0 Å². The van der Waals surface area contributed by atoms with Crippen LogP contribution < -0.4 is 10.1 Å². The Hall–Kier alpha value is -2.34. The number of anilines is 1. The molecule has 138 valence electrons. The van der Waals surface area contributed by atoms with Crippen molar-refractivity contribution in [2.24, 2.45) is 0 Å². The summed E-state index contributed by atoms with van der Waals surface area (Å²) in [5.41, 5.74) is 1.58. The van der Waals surface area contributed by atoms with Crippen molar-refractivity contribution in [3.8, 4) is 5.75 Å². The number of thiophene rings is 1. The lowest BCUT2D eigenvalue weighted by Gasteiger charge is -2.12. The molecule has 0 saturated heterocycles. The number of ether oxygens (including phenoxy) is 2. The summed E-state index contributed by atoms with van der Waals surface area (Å²) in [6.45, 7) is 2.24. The molecule has 1 aromatic heterocycles. The smallest absolute Gasteiger partial charge is 0.341 e. The lowest BCUT2D eigenvalue weighted by Crippen LogP contribution is -2.21. The molecule has 1 heterocycles. The van der Waals surface area contributed by atoms with E-state index in [1.807, 2.05) is 25.1 Å². The van der Waals surface area contributed by atoms with E-state index in [2.05, 4.69) is 5.32 Å². The normalized spacial score (nSPS) is 13.0. The average Bonchev–Trinajstić information content (AvgIpc) is 3.03. The molecule has 2 aromatic rings. The van der Waals surface area contributed by atoms with Gasteiger partial charge in [0.15, 0.2) is 6.61 Å². The summed E-state index contributed by atoms with van der Waals surface area (Å²) >= 11 is 1.49. The van der Waals surface area contributed by atoms with E-state index in [0.29, 0.717) is 22.9 Å². The van der Waals surface area contributed by atoms with Gasteiger partial charge < -0.3 is 14.8 Å². The molecule has 0 aliphatic heterocycles. The number of rotatable bonds is 7. The van der Waals surface area contributed by atoms with Gasteiger partial charge in [-0.3, -0.25) is 4.79 Å². The van der Waals surface area contributed by atoms with E-state index in [-0.39, 0.29) is 18.5 Å². The molecule has 0 unspecified atom stereocenters. The highest BCUT2D eigenvalue weighted by Crippen LogP contribution is 2.38. The van der Waals surface area contributed by atoms with Gasteiger partial charge >= 0.3 is 5.97 Å². The molecule has 0 bridgehead atoms. The number of aryl methyl sites for hydroxylation is 1. The maximum Gasteiger partial charge on any atom is 0.341 e. The van der Waals surface area contributed by atoms with Crippen LogP contribution in [-0.2, 0) is 22.4 Å². The van der Waals surface area contributed by atoms with E-state index in [9.17, 15) is 9.59 Å². The van der Waals surface area contributed by atoms with Crippen LogP contribution in [0.2, 0.25) is 0 Å². The molecule has 1 aliphatic carbocycles. The topological polar surface area (TPSA) is 64.6 Å². The second-order valence-electron chi connectivity index (χ2n) is 6.20. The molecule has 3 rings (SSSR count). The van der Waals surface area contributed by atoms with Crippen molar-refractivity contribution < 1.29 is 19.1 Å². The van der Waals surface area contributed by atoms with Gasteiger partial charge in [-0.15, -0.1) is 11.3 Å². The molecule has 26 heavy (non-hydrogen) atoms. The van der Waals surface area contributed by atoms with Gasteiger partial charge in [-0.1, -0.05) is 25.1 Å². The standard InChI is InChI=1S/C20H23NO4S/c1-2-12-24-20(23)18-15-10-6-7-11-16(15)26-19(18)21-17(22)13-25-14-8-4-3-5-9-14/h3-5,8-9H,2,6-7,10-13H2,1H3,(H,21,22). The molecule has 0 spiro atoms. The summed E-state index contributed by atoms with van der Waals surface area (Å²) in [6.07, 6.45) is 4.75. The van der Waals surface area contributed by atoms with Crippen LogP contribution in [0.1, 0.15) is 47.0 Å². The first-order valence-corrected chi connectivity index (χ1v) is 9.80. The largest absolute Gasteiger partial charge is 0.484 e. The highest BCUT2D eigenvalue weighted by atomic mass is 32.1. The summed E-state index contributed by atoms with van der Waals surface area (Å²) in [4.78, 5) is 26.0. The predicted molar refractivity (Wildman–Crippen MR) is 102 cm³/mol. The number of esters is 1. The third-order valence-electron chi connectivity index (χ3n) is 4.18. The monoisotopic (exact) mass is 373 g/mol. The molecule has 5 nitrogen and oxygen atoms in total. The zero-order valence-corrected chi connectivity index (χ0v) is 15.7. The van der Waals surface area contributed by atoms with E-state index < -0.39 is 0 Å². The second-order valence-corrected chi connectivity index (χ2v) is 7.31. The first-order valence-electron chi connectivity index (χ1n) is 8.98. The lowest BCUT2D eigenvalue weighted by atomic mass is 9.95. The van der Waals surface area contributed by atoms with Crippen LogP contribution in [0.4, 0.5) is 5.00 Å². The number of fused-ring (bicyclic) bond motifs is 1. The zero-order chi connectivity index (χ0) is 18.4. The minimum absolute atomic E-state index is 0.101. The van der Waals surface area contributed by atoms with E-state index >= 15 is 0 Å². The maximum absolute atomic E-state index is 12.5. The quantitative estimate of drug-likeness (QED) is 0.739. The fourth-order valence-electron chi connectivity index (χ4n) is 2.97. The molecule has 0 atom stereocenters. The Morgan fingerprint density at radius 2 is 1.92 bits per heavy atom. The summed E-state index contributed by atoms with van der Waals surface area (Å²) in [6, 6.07) is 9.18. The molecule has 6 heteroatoms. The van der Waals surface area contributed by atoms with Crippen molar-refractivity contribution in [1.29, 1.82) is 0 Å². The van der Waals surface area contributed by atoms with Crippen molar-refractivity contribution >= 4 is 28.2 Å². The third kappa shape index (κ3) is 4.43. The minimum atomic E-state index is -0.342. The van der Waals surface area contributed by atoms with Crippen molar-refractivity contribution in [2.75, 3.05) is 18.5 Å². The number of hydrogen-bond donors (Lipinski definition) is 1. The lowest BCUT2D eigenvalue weighted by molar-refractivity contribution is -0.118. The summed E-state index contributed by atoms with van der Waals surface area (Å²) in [5.74, 6) is 0.0122. The van der Waals surface area contributed by atoms with E-state index in [1.165, 1.54) is 16.2 Å². The number of carbonyl (C=O) groups excluding carboxylic acids is 2. The number of benzene rings is 1. The highest BCUT2D eigenvalue weighted by Gasteiger charge is 2.27. The van der Waals surface area contributed by atoms with Gasteiger partial charge in [-0.05, 0) is 49.8 Å². The first kappa shape index (κ1) is 18.5. The number of nitrogens with one attached hydrogen (secondary N) is 1. The Bertz CT molecular complexity index is 770. The van der Waals surface area contributed by atoms with Crippen LogP contribution in [0.25, 0.3) is 0 Å². The van der Waals surface area contributed by atoms with E-state index in [0.717, 1.165) is 37.7 Å². The Balaban J connectivity index is 1.72. The molecule has 1 N–H and O–H groups in total. The Kier molecular flexibility index (Phi) is 6.28. The van der Waals surface area contributed by atoms with Gasteiger partial charge in [0.1, 0.15) is 10.8 Å². The van der Waals surface area contributed by atoms with Crippen LogP contribution in [0.3, 0.4) is 0 Å². The van der Waals surface area contributed by atoms with Gasteiger partial charge in [-0.2, -0.15) is 0 Å². The van der Waals surface area contributed by atoms with Gasteiger partial charge in [0, 0.05) is 4.88 Å². The maximum atomic E-state index is 12.5. The second kappa shape index (κ2) is 8.85. The van der Waals surface area contributed by atoms with Gasteiger partial charge in [0.25, 0.3) is 5.91 Å². The average molecular weight is 373 g/mol. The Morgan fingerprint density at radius 1 is 1.15 bits per heavy atom. The van der Waals surface area contributed by atoms with Crippen LogP contribution in [-0.4, -0.2) is 25.1 Å². The minimum Gasteiger partial charge on any atom is -0.484 e. The van der Waals surface area contributed by atoms with Crippen molar-refractivity contribution in [3.05, 3.63) is 46.3 Å². The molecule has 1 aromatic carbocycles. The van der Waals surface area contributed by atoms with Crippen LogP contribution in [0.15, 0.2) is 30.3 Å². The highest BCUT2D eigenvalue weighted by molar-refractivity contribution is 7.17. The zero-order valence-electron chi connectivity index (χ0n) is 14.9. The van der Waals surface area contributed by atoms with Crippen LogP contribution in [0.5, 0.6) is 5.75 Å².